The van der Waals surface area contributed by atoms with Crippen LogP contribution in [-0.2, 0) is 14.3 Å². The number of carboxylic acid groups (broad SMARTS) is 1. The molecular weight excluding hydrogens is 280 g/mol. The van der Waals surface area contributed by atoms with E-state index in [4.69, 9.17) is 9.84 Å². The van der Waals surface area contributed by atoms with Crippen LogP contribution < -0.4 is 0 Å². The summed E-state index contributed by atoms with van der Waals surface area (Å²) in [4.78, 5) is 22.0. The first-order valence-corrected chi connectivity index (χ1v) is 8.60. The minimum absolute atomic E-state index is 0.0496. The van der Waals surface area contributed by atoms with E-state index >= 15 is 0 Å². The second kappa shape index (κ2) is 11.5. The second-order valence-electron chi connectivity index (χ2n) is 7.44. The Labute approximate surface area is 135 Å². The Balaban J connectivity index is 3.52. The molecule has 130 valence electrons. The second-order valence-corrected chi connectivity index (χ2v) is 7.44. The van der Waals surface area contributed by atoms with Gasteiger partial charge in [0, 0.05) is 12.8 Å². The van der Waals surface area contributed by atoms with Crippen molar-refractivity contribution in [3.63, 3.8) is 0 Å². The highest BCUT2D eigenvalue weighted by Gasteiger charge is 2.21. The van der Waals surface area contributed by atoms with Crippen molar-refractivity contribution in [1.29, 1.82) is 0 Å². The fraction of sp³-hybridized carbons (Fsp3) is 0.889. The molecule has 0 saturated carbocycles. The topological polar surface area (TPSA) is 63.6 Å². The van der Waals surface area contributed by atoms with Crippen LogP contribution in [0.3, 0.4) is 0 Å². The van der Waals surface area contributed by atoms with Gasteiger partial charge >= 0.3 is 11.9 Å². The van der Waals surface area contributed by atoms with Crippen LogP contribution in [0.1, 0.15) is 85.5 Å². The number of hydrogen-bond donors (Lipinski definition) is 1. The Kier molecular flexibility index (Phi) is 10.9. The van der Waals surface area contributed by atoms with Gasteiger partial charge in [0.1, 0.15) is 0 Å². The lowest BCUT2D eigenvalue weighted by Gasteiger charge is -2.26. The molecule has 0 aliphatic heterocycles. The van der Waals surface area contributed by atoms with E-state index in [1.807, 2.05) is 0 Å². The van der Waals surface area contributed by atoms with Gasteiger partial charge in [-0.3, -0.25) is 9.59 Å². The summed E-state index contributed by atoms with van der Waals surface area (Å²) in [5, 5.41) is 8.52. The number of rotatable bonds is 13. The van der Waals surface area contributed by atoms with Crippen molar-refractivity contribution >= 4 is 11.9 Å². The number of unbranched alkanes of at least 4 members (excludes halogenated alkanes) is 5. The van der Waals surface area contributed by atoms with Crippen molar-refractivity contribution in [2.24, 2.45) is 11.3 Å². The van der Waals surface area contributed by atoms with Crippen LogP contribution >= 0.6 is 0 Å². The maximum atomic E-state index is 11.7. The van der Waals surface area contributed by atoms with Gasteiger partial charge in [-0.2, -0.15) is 0 Å². The van der Waals surface area contributed by atoms with Crippen LogP contribution in [0, 0.1) is 11.3 Å². The predicted molar refractivity (Wildman–Crippen MR) is 88.8 cm³/mol. The lowest BCUT2D eigenvalue weighted by molar-refractivity contribution is -0.147. The zero-order valence-electron chi connectivity index (χ0n) is 14.8. The lowest BCUT2D eigenvalue weighted by Crippen LogP contribution is -2.23. The van der Waals surface area contributed by atoms with Crippen LogP contribution in [-0.4, -0.2) is 23.7 Å². The van der Waals surface area contributed by atoms with Crippen LogP contribution in [0.2, 0.25) is 0 Å². The number of carbonyl (C=O) groups is 2. The van der Waals surface area contributed by atoms with E-state index < -0.39 is 5.97 Å². The van der Waals surface area contributed by atoms with Gasteiger partial charge in [-0.15, -0.1) is 0 Å². The highest BCUT2D eigenvalue weighted by Crippen LogP contribution is 2.25. The molecule has 0 amide bonds. The smallest absolute Gasteiger partial charge is 0.305 e. The Hall–Kier alpha value is -1.06. The fourth-order valence-corrected chi connectivity index (χ4v) is 2.76. The fourth-order valence-electron chi connectivity index (χ4n) is 2.76. The van der Waals surface area contributed by atoms with Crippen LogP contribution in [0.4, 0.5) is 0 Å². The van der Waals surface area contributed by atoms with Crippen molar-refractivity contribution in [3.8, 4) is 0 Å². The SMILES string of the molecule is CC(C)CC(C)(C)COC(=O)CCCCCCCCC(=O)O. The van der Waals surface area contributed by atoms with Crippen LogP contribution in [0.5, 0.6) is 0 Å². The van der Waals surface area contributed by atoms with Gasteiger partial charge in [-0.25, -0.2) is 0 Å². The van der Waals surface area contributed by atoms with Crippen molar-refractivity contribution in [2.75, 3.05) is 6.61 Å². The number of hydrogen-bond acceptors (Lipinski definition) is 3. The Morgan fingerprint density at radius 1 is 0.955 bits per heavy atom. The molecular formula is C18H34O4. The van der Waals surface area contributed by atoms with Gasteiger partial charge in [0.2, 0.25) is 0 Å². The van der Waals surface area contributed by atoms with E-state index in [1.54, 1.807) is 0 Å². The standard InChI is InChI=1S/C18H34O4/c1-15(2)13-18(3,4)14-22-17(21)12-10-8-6-5-7-9-11-16(19)20/h15H,5-14H2,1-4H3,(H,19,20). The normalized spacial score (nSPS) is 11.7. The van der Waals surface area contributed by atoms with Crippen molar-refractivity contribution < 1.29 is 19.4 Å². The Bertz CT molecular complexity index is 321. The summed E-state index contributed by atoms with van der Waals surface area (Å²) in [5.74, 6) is -0.208. The Morgan fingerprint density at radius 3 is 1.95 bits per heavy atom. The van der Waals surface area contributed by atoms with E-state index in [1.165, 1.54) is 0 Å². The summed E-state index contributed by atoms with van der Waals surface area (Å²) in [5.41, 5.74) is 0.0496. The molecule has 1 N–H and O–H groups in total. The third kappa shape index (κ3) is 13.9. The van der Waals surface area contributed by atoms with E-state index in [0.29, 0.717) is 18.9 Å². The van der Waals surface area contributed by atoms with Gasteiger partial charge in [-0.05, 0) is 30.6 Å². The first kappa shape index (κ1) is 20.9. The molecule has 4 nitrogen and oxygen atoms in total. The highest BCUT2D eigenvalue weighted by molar-refractivity contribution is 5.69. The minimum Gasteiger partial charge on any atom is -0.481 e. The van der Waals surface area contributed by atoms with Gasteiger partial charge in [0.05, 0.1) is 6.61 Å². The van der Waals surface area contributed by atoms with E-state index in [9.17, 15) is 9.59 Å². The molecule has 0 aliphatic carbocycles. The minimum atomic E-state index is -0.719. The van der Waals surface area contributed by atoms with Crippen LogP contribution in [0.15, 0.2) is 0 Å². The van der Waals surface area contributed by atoms with E-state index in [0.717, 1.165) is 44.9 Å². The number of ether oxygens (including phenoxy) is 1. The first-order chi connectivity index (χ1) is 10.2. The molecule has 0 atom stereocenters. The van der Waals surface area contributed by atoms with E-state index in [2.05, 4.69) is 27.7 Å². The molecule has 0 fully saturated rings. The quantitative estimate of drug-likeness (QED) is 0.391. The Morgan fingerprint density at radius 2 is 1.45 bits per heavy atom. The number of esters is 1. The number of carbonyl (C=O) groups excluding carboxylic acids is 1. The van der Waals surface area contributed by atoms with Crippen molar-refractivity contribution in [3.05, 3.63) is 0 Å². The molecule has 4 heteroatoms. The molecule has 0 heterocycles. The molecule has 0 aliphatic rings. The maximum absolute atomic E-state index is 11.7. The van der Waals surface area contributed by atoms with Crippen molar-refractivity contribution in [1.82, 2.24) is 0 Å². The zero-order valence-corrected chi connectivity index (χ0v) is 14.8. The van der Waals surface area contributed by atoms with Crippen LogP contribution in [0.25, 0.3) is 0 Å². The highest BCUT2D eigenvalue weighted by atomic mass is 16.5. The number of carboxylic acids is 1. The molecule has 0 aromatic heterocycles. The monoisotopic (exact) mass is 314 g/mol. The lowest BCUT2D eigenvalue weighted by atomic mass is 9.85. The molecule has 22 heavy (non-hydrogen) atoms. The summed E-state index contributed by atoms with van der Waals surface area (Å²) in [6.07, 6.45) is 7.50. The summed E-state index contributed by atoms with van der Waals surface area (Å²) in [6, 6.07) is 0. The average Bonchev–Trinajstić information content (AvgIpc) is 2.38. The predicted octanol–water partition coefficient (Wildman–Crippen LogP) is 4.81. The van der Waals surface area contributed by atoms with E-state index in [-0.39, 0.29) is 17.8 Å². The molecule has 0 rings (SSSR count). The third-order valence-corrected chi connectivity index (χ3v) is 3.61. The molecule has 0 aromatic carbocycles. The molecule has 0 unspecified atom stereocenters. The van der Waals surface area contributed by atoms with Gasteiger partial charge in [0.25, 0.3) is 0 Å². The molecule has 0 spiro atoms. The molecule has 0 aromatic rings. The average molecular weight is 314 g/mol. The maximum Gasteiger partial charge on any atom is 0.305 e. The summed E-state index contributed by atoms with van der Waals surface area (Å²) in [7, 11) is 0. The molecule has 0 radical (unpaired) electrons. The summed E-state index contributed by atoms with van der Waals surface area (Å²) < 4.78 is 5.37. The van der Waals surface area contributed by atoms with Crippen molar-refractivity contribution in [2.45, 2.75) is 85.5 Å². The van der Waals surface area contributed by atoms with Gasteiger partial charge in [0.15, 0.2) is 0 Å². The summed E-state index contributed by atoms with van der Waals surface area (Å²) in [6.45, 7) is 9.13. The van der Waals surface area contributed by atoms with Gasteiger partial charge in [-0.1, -0.05) is 53.4 Å². The first-order valence-electron chi connectivity index (χ1n) is 8.60. The number of aliphatic carboxylic acids is 1. The molecule has 0 saturated heterocycles. The third-order valence-electron chi connectivity index (χ3n) is 3.61. The zero-order chi connectivity index (χ0) is 17.0. The van der Waals surface area contributed by atoms with Gasteiger partial charge < -0.3 is 9.84 Å². The summed E-state index contributed by atoms with van der Waals surface area (Å²) >= 11 is 0. The largest absolute Gasteiger partial charge is 0.481 e. The molecule has 0 bridgehead atoms.